The van der Waals surface area contributed by atoms with Crippen molar-refractivity contribution < 1.29 is 64.1 Å². The SMILES string of the molecule is CC(=O)C(C)NC(=O)C1CC2(C1)C(=O)N(C(C)C)CC(=O)N2Cc1ccc(C(F)(F)F)cc1.Cc1nc(C2CC3(C2)C(=O)N(C(C)C)CC(=O)N3Cc2ccc(C(F)(F)F)cc2)oc1C.O=P(Cl)(Cl)Cl. The van der Waals surface area contributed by atoms with Crippen molar-refractivity contribution in [2.24, 2.45) is 5.92 Å². The van der Waals surface area contributed by atoms with E-state index in [2.05, 4.69) is 44.0 Å². The minimum Gasteiger partial charge on any atom is -0.445 e. The molecule has 5 amide bonds. The molecule has 384 valence electrons. The number of rotatable bonds is 10. The third-order valence-corrected chi connectivity index (χ3v) is 13.1. The van der Waals surface area contributed by atoms with Crippen molar-refractivity contribution in [1.82, 2.24) is 29.9 Å². The number of aryl methyl sites for hydroxylation is 2. The molecule has 2 aliphatic carbocycles. The van der Waals surface area contributed by atoms with Crippen LogP contribution in [-0.2, 0) is 58.8 Å². The fraction of sp³-hybridized carbons (Fsp3) is 0.543. The summed E-state index contributed by atoms with van der Waals surface area (Å²) >= 11 is 13.8. The summed E-state index contributed by atoms with van der Waals surface area (Å²) in [6.07, 6.45) is -7.96. The number of carbonyl (C=O) groups excluding carboxylic acids is 6. The zero-order valence-electron chi connectivity index (χ0n) is 39.5. The molecular weight excluding hydrogens is 1020 g/mol. The van der Waals surface area contributed by atoms with Gasteiger partial charge in [-0.1, -0.05) is 24.3 Å². The number of ketones is 1. The number of nitrogens with zero attached hydrogens (tertiary/aromatic N) is 5. The lowest BCUT2D eigenvalue weighted by atomic mass is 9.64. The van der Waals surface area contributed by atoms with Gasteiger partial charge < -0.3 is 29.3 Å². The highest BCUT2D eigenvalue weighted by atomic mass is 36.0. The van der Waals surface area contributed by atoms with E-state index in [4.69, 9.17) is 4.42 Å². The first kappa shape index (κ1) is 56.3. The molecule has 70 heavy (non-hydrogen) atoms. The Balaban J connectivity index is 0.000000238. The van der Waals surface area contributed by atoms with Crippen LogP contribution in [-0.4, -0.2) is 102 Å². The van der Waals surface area contributed by atoms with Crippen molar-refractivity contribution in [3.05, 3.63) is 88.1 Å². The maximum Gasteiger partial charge on any atom is 0.416 e. The molecule has 14 nitrogen and oxygen atoms in total. The molecule has 3 heterocycles. The summed E-state index contributed by atoms with van der Waals surface area (Å²) in [5.74, 6) is -0.860. The van der Waals surface area contributed by atoms with Gasteiger partial charge in [0.2, 0.25) is 29.5 Å². The van der Waals surface area contributed by atoms with E-state index in [1.165, 1.54) is 45.9 Å². The molecule has 2 aromatic carbocycles. The summed E-state index contributed by atoms with van der Waals surface area (Å²) in [6, 6.07) is 8.17. The normalized spacial score (nSPS) is 23.2. The van der Waals surface area contributed by atoms with Crippen LogP contribution in [0.2, 0.25) is 0 Å². The number of hydrogen-bond acceptors (Lipinski definition) is 9. The number of carbonyl (C=O) groups is 6. The molecule has 3 aromatic rings. The molecule has 0 bridgehead atoms. The maximum atomic E-state index is 13.5. The van der Waals surface area contributed by atoms with Crippen LogP contribution in [0.15, 0.2) is 52.9 Å². The molecule has 1 atom stereocenters. The summed E-state index contributed by atoms with van der Waals surface area (Å²) in [5, 5.41) is -0.597. The molecule has 1 N–H and O–H groups in total. The van der Waals surface area contributed by atoms with E-state index in [1.54, 1.807) is 25.7 Å². The summed E-state index contributed by atoms with van der Waals surface area (Å²) < 4.78 is 92.6. The fourth-order valence-electron chi connectivity index (χ4n) is 8.89. The number of oxazole rings is 1. The smallest absolute Gasteiger partial charge is 0.416 e. The van der Waals surface area contributed by atoms with Crippen molar-refractivity contribution in [3.8, 4) is 0 Å². The molecule has 2 spiro atoms. The highest BCUT2D eigenvalue weighted by Crippen LogP contribution is 2.61. The molecule has 2 saturated carbocycles. The number of nitrogens with one attached hydrogen (secondary N) is 1. The maximum absolute atomic E-state index is 13.5. The van der Waals surface area contributed by atoms with Crippen molar-refractivity contribution in [1.29, 1.82) is 0 Å². The Kier molecular flexibility index (Phi) is 17.0. The number of piperazine rings is 2. The molecule has 2 aliphatic heterocycles. The second kappa shape index (κ2) is 21.2. The first-order chi connectivity index (χ1) is 32.2. The lowest BCUT2D eigenvalue weighted by Gasteiger charge is -2.57. The van der Waals surface area contributed by atoms with Crippen molar-refractivity contribution in [2.45, 2.75) is 142 Å². The van der Waals surface area contributed by atoms with Gasteiger partial charge in [-0.15, -0.1) is 0 Å². The third-order valence-electron chi connectivity index (χ3n) is 13.1. The van der Waals surface area contributed by atoms with Crippen molar-refractivity contribution in [3.63, 3.8) is 0 Å². The highest BCUT2D eigenvalue weighted by Gasteiger charge is 2.63. The van der Waals surface area contributed by atoms with Crippen LogP contribution in [0.25, 0.3) is 0 Å². The van der Waals surface area contributed by atoms with Crippen molar-refractivity contribution >= 4 is 74.2 Å². The van der Waals surface area contributed by atoms with E-state index in [0.29, 0.717) is 29.9 Å². The number of halogens is 9. The Bertz CT molecular complexity index is 2480. The van der Waals surface area contributed by atoms with E-state index in [9.17, 15) is 59.7 Å². The quantitative estimate of drug-likeness (QED) is 0.153. The van der Waals surface area contributed by atoms with Gasteiger partial charge >= 0.3 is 17.6 Å². The van der Waals surface area contributed by atoms with Gasteiger partial charge in [0, 0.05) is 37.0 Å². The van der Waals surface area contributed by atoms with Crippen LogP contribution < -0.4 is 5.32 Å². The number of hydrogen-bond donors (Lipinski definition) is 1. The van der Waals surface area contributed by atoms with Gasteiger partial charge in [-0.25, -0.2) is 4.98 Å². The monoisotopic (exact) mass is 1070 g/mol. The largest absolute Gasteiger partial charge is 0.445 e. The van der Waals surface area contributed by atoms with E-state index >= 15 is 0 Å². The molecule has 1 aromatic heterocycles. The Morgan fingerprint density at radius 2 is 1.10 bits per heavy atom. The van der Waals surface area contributed by atoms with Gasteiger partial charge in [-0.05, 0) is 150 Å². The summed E-state index contributed by atoms with van der Waals surface area (Å²) in [7, 11) is 0. The Morgan fingerprint density at radius 1 is 0.729 bits per heavy atom. The molecule has 0 radical (unpaired) electrons. The predicted octanol–water partition coefficient (Wildman–Crippen LogP) is 9.54. The number of Topliss-reactive ketones (excluding diaryl/α,β-unsaturated/α-hetero) is 1. The van der Waals surface area contributed by atoms with Gasteiger partial charge in [0.1, 0.15) is 29.9 Å². The lowest BCUT2D eigenvalue weighted by molar-refractivity contribution is -0.180. The summed E-state index contributed by atoms with van der Waals surface area (Å²) in [5.41, 5.74) is -2.03. The minimum absolute atomic E-state index is 0.0349. The van der Waals surface area contributed by atoms with Gasteiger partial charge in [0.25, 0.3) is 0 Å². The first-order valence-corrected chi connectivity index (χ1v) is 26.6. The lowest BCUT2D eigenvalue weighted by Crippen LogP contribution is -2.74. The van der Waals surface area contributed by atoms with E-state index in [0.717, 1.165) is 35.7 Å². The summed E-state index contributed by atoms with van der Waals surface area (Å²) in [6.45, 7) is 13.8. The van der Waals surface area contributed by atoms with Crippen LogP contribution in [0.1, 0.15) is 113 Å². The van der Waals surface area contributed by atoms with Gasteiger partial charge in [0.15, 0.2) is 11.7 Å². The van der Waals surface area contributed by atoms with E-state index < -0.39 is 51.7 Å². The zero-order chi connectivity index (χ0) is 52.6. The number of aromatic nitrogens is 1. The average Bonchev–Trinajstić information content (AvgIpc) is 3.54. The topological polar surface area (TPSA) is 171 Å². The summed E-state index contributed by atoms with van der Waals surface area (Å²) in [4.78, 5) is 87.5. The molecule has 4 fully saturated rings. The second-order valence-corrected chi connectivity index (χ2v) is 25.2. The first-order valence-electron chi connectivity index (χ1n) is 22.2. The van der Waals surface area contributed by atoms with Crippen LogP contribution in [0.4, 0.5) is 26.3 Å². The highest BCUT2D eigenvalue weighted by molar-refractivity contribution is 8.24. The number of alkyl halides is 6. The fourth-order valence-corrected chi connectivity index (χ4v) is 8.89. The third kappa shape index (κ3) is 12.7. The van der Waals surface area contributed by atoms with Gasteiger partial charge in [-0.3, -0.25) is 33.3 Å². The average molecular weight is 1070 g/mol. The van der Waals surface area contributed by atoms with Crippen LogP contribution in [0.5, 0.6) is 0 Å². The molecule has 4 aliphatic rings. The minimum atomic E-state index is -4.47. The molecule has 24 heteroatoms. The van der Waals surface area contributed by atoms with Gasteiger partial charge in [-0.2, -0.15) is 26.3 Å². The Labute approximate surface area is 415 Å². The van der Waals surface area contributed by atoms with Crippen LogP contribution in [0, 0.1) is 19.8 Å². The number of benzene rings is 2. The number of amides is 5. The van der Waals surface area contributed by atoms with Crippen LogP contribution >= 0.6 is 38.9 Å². The predicted molar refractivity (Wildman–Crippen MR) is 247 cm³/mol. The van der Waals surface area contributed by atoms with Crippen LogP contribution in [0.3, 0.4) is 0 Å². The molecule has 7 rings (SSSR count). The van der Waals surface area contributed by atoms with E-state index in [-0.39, 0.29) is 92.3 Å². The molecular formula is C46H54Cl3F6N6O8P. The standard InChI is InChI=1S/C23H28F3N3O4.C23H26F3N3O3.Cl3OP/c1-13(2)28-12-19(31)29(11-16-5-7-18(8-6-16)23(24,25)26)22(21(28)33)9-17(10-22)20(32)27-14(3)15(4)30;1-13(2)28-12-19(30)29(11-16-5-7-18(8-6-16)23(24,25)26)22(21(28)31)9-17(10-22)20-27-14(3)15(4)32-20;1-5(2,3)4/h5-8,13-14,17H,9-12H2,1-4H3,(H,27,32);5-8,13,17H,9-12H2,1-4H3;. The zero-order valence-corrected chi connectivity index (χ0v) is 42.7. The second-order valence-electron chi connectivity index (χ2n) is 18.6. The molecule has 1 unspecified atom stereocenters. The Hall–Kier alpha value is -4.65. The molecule has 2 saturated heterocycles. The van der Waals surface area contributed by atoms with Crippen molar-refractivity contribution in [2.75, 3.05) is 13.1 Å². The van der Waals surface area contributed by atoms with Gasteiger partial charge in [0.05, 0.1) is 22.9 Å². The Morgan fingerprint density at radius 3 is 1.41 bits per heavy atom. The van der Waals surface area contributed by atoms with E-state index in [1.807, 2.05) is 27.7 Å².